The first-order valence-electron chi connectivity index (χ1n) is 4.34. The van der Waals surface area contributed by atoms with Crippen LogP contribution in [0.5, 0.6) is 5.75 Å². The molecular weight excluding hydrogens is 293 g/mol. The third kappa shape index (κ3) is 1.35. The maximum Gasteiger partial charge on any atom is 0.204 e. The van der Waals surface area contributed by atoms with Gasteiger partial charge in [-0.25, -0.2) is 0 Å². The normalized spacial score (nSPS) is 10.8. The van der Waals surface area contributed by atoms with E-state index in [0.717, 1.165) is 27.2 Å². The number of hydrogen-bond acceptors (Lipinski definition) is 3. The molecule has 0 atom stereocenters. The number of halogens is 1. The van der Waals surface area contributed by atoms with Crippen molar-refractivity contribution in [2.45, 2.75) is 13.3 Å². The number of pyridine rings is 1. The summed E-state index contributed by atoms with van der Waals surface area (Å²) in [7, 11) is 1.65. The minimum absolute atomic E-state index is 0.788. The Kier molecular flexibility index (Phi) is 2.58. The molecule has 0 N–H and O–H groups in total. The summed E-state index contributed by atoms with van der Waals surface area (Å²) in [6.45, 7) is 2.06. The number of nitrogens with zero attached hydrogens (tertiary/aromatic N) is 3. The lowest BCUT2D eigenvalue weighted by Crippen LogP contribution is -1.96. The van der Waals surface area contributed by atoms with E-state index in [-0.39, 0.29) is 0 Å². The molecule has 0 saturated carbocycles. The third-order valence-corrected chi connectivity index (χ3v) is 2.93. The number of rotatable bonds is 2. The van der Waals surface area contributed by atoms with Crippen LogP contribution in [0.1, 0.15) is 12.7 Å². The summed E-state index contributed by atoms with van der Waals surface area (Å²) < 4.78 is 8.29. The number of ether oxygens (including phenoxy) is 1. The van der Waals surface area contributed by atoms with Crippen LogP contribution in [0, 0.1) is 3.57 Å². The molecule has 0 spiro atoms. The van der Waals surface area contributed by atoms with Gasteiger partial charge < -0.3 is 4.74 Å². The Morgan fingerprint density at radius 3 is 2.93 bits per heavy atom. The van der Waals surface area contributed by atoms with Gasteiger partial charge in [0.2, 0.25) is 5.65 Å². The molecule has 2 aromatic rings. The van der Waals surface area contributed by atoms with Gasteiger partial charge in [-0.15, -0.1) is 10.2 Å². The topological polar surface area (TPSA) is 39.4 Å². The van der Waals surface area contributed by atoms with Gasteiger partial charge in [0.1, 0.15) is 5.82 Å². The van der Waals surface area contributed by atoms with E-state index in [2.05, 4.69) is 39.7 Å². The smallest absolute Gasteiger partial charge is 0.204 e. The average Bonchev–Trinajstić information content (AvgIpc) is 2.60. The van der Waals surface area contributed by atoms with Crippen molar-refractivity contribution < 1.29 is 4.74 Å². The van der Waals surface area contributed by atoms with E-state index in [1.54, 1.807) is 7.11 Å². The number of hydrogen-bond donors (Lipinski definition) is 0. The van der Waals surface area contributed by atoms with E-state index in [4.69, 9.17) is 4.74 Å². The van der Waals surface area contributed by atoms with E-state index in [0.29, 0.717) is 0 Å². The molecule has 2 heterocycles. The Bertz CT molecular complexity index is 466. The Balaban J connectivity index is 2.76. The van der Waals surface area contributed by atoms with E-state index in [9.17, 15) is 0 Å². The first-order valence-corrected chi connectivity index (χ1v) is 5.42. The van der Waals surface area contributed by atoms with E-state index in [1.807, 2.05) is 16.7 Å². The maximum absolute atomic E-state index is 5.29. The van der Waals surface area contributed by atoms with Gasteiger partial charge in [-0.3, -0.25) is 4.40 Å². The molecule has 2 aromatic heterocycles. The predicted molar refractivity (Wildman–Crippen MR) is 61.6 cm³/mol. The van der Waals surface area contributed by atoms with Gasteiger partial charge in [-0.1, -0.05) is 6.92 Å². The van der Waals surface area contributed by atoms with E-state index in [1.165, 1.54) is 0 Å². The largest absolute Gasteiger partial charge is 0.492 e. The minimum Gasteiger partial charge on any atom is -0.492 e. The lowest BCUT2D eigenvalue weighted by Gasteiger charge is -2.04. The van der Waals surface area contributed by atoms with Gasteiger partial charge >= 0.3 is 0 Å². The highest BCUT2D eigenvalue weighted by Crippen LogP contribution is 2.25. The molecule has 0 saturated heterocycles. The Morgan fingerprint density at radius 1 is 1.50 bits per heavy atom. The average molecular weight is 303 g/mol. The van der Waals surface area contributed by atoms with Crippen molar-refractivity contribution in [1.82, 2.24) is 14.6 Å². The van der Waals surface area contributed by atoms with Crippen molar-refractivity contribution in [3.05, 3.63) is 21.7 Å². The summed E-state index contributed by atoms with van der Waals surface area (Å²) in [4.78, 5) is 0. The zero-order valence-electron chi connectivity index (χ0n) is 7.99. The molecular formula is C9H10IN3O. The van der Waals surface area contributed by atoms with E-state index >= 15 is 0 Å². The highest BCUT2D eigenvalue weighted by Gasteiger charge is 2.11. The van der Waals surface area contributed by atoms with Gasteiger partial charge in [0.25, 0.3) is 0 Å². The molecule has 0 amide bonds. The van der Waals surface area contributed by atoms with Crippen LogP contribution < -0.4 is 4.74 Å². The molecule has 0 aliphatic heterocycles. The van der Waals surface area contributed by atoms with Crippen molar-refractivity contribution in [3.8, 4) is 5.75 Å². The zero-order valence-corrected chi connectivity index (χ0v) is 10.1. The molecule has 2 rings (SSSR count). The summed E-state index contributed by atoms with van der Waals surface area (Å²) >= 11 is 2.22. The highest BCUT2D eigenvalue weighted by atomic mass is 127. The predicted octanol–water partition coefficient (Wildman–Crippen LogP) is 1.90. The van der Waals surface area contributed by atoms with Gasteiger partial charge in [-0.2, -0.15) is 0 Å². The van der Waals surface area contributed by atoms with Crippen LogP contribution in [-0.4, -0.2) is 21.7 Å². The quantitative estimate of drug-likeness (QED) is 0.796. The van der Waals surface area contributed by atoms with Crippen LogP contribution in [0.3, 0.4) is 0 Å². The van der Waals surface area contributed by atoms with Gasteiger partial charge in [-0.05, 0) is 28.7 Å². The van der Waals surface area contributed by atoms with Crippen molar-refractivity contribution in [2.75, 3.05) is 7.11 Å². The van der Waals surface area contributed by atoms with Crippen molar-refractivity contribution in [1.29, 1.82) is 0 Å². The zero-order chi connectivity index (χ0) is 10.1. The molecule has 0 aliphatic rings. The Labute approximate surface area is 95.4 Å². The van der Waals surface area contributed by atoms with E-state index < -0.39 is 0 Å². The summed E-state index contributed by atoms with van der Waals surface area (Å²) in [6.07, 6.45) is 2.84. The van der Waals surface area contributed by atoms with Gasteiger partial charge in [0.05, 0.1) is 10.7 Å². The molecule has 14 heavy (non-hydrogen) atoms. The molecule has 0 aromatic carbocycles. The second-order valence-electron chi connectivity index (χ2n) is 2.86. The molecule has 4 nitrogen and oxygen atoms in total. The van der Waals surface area contributed by atoms with Crippen LogP contribution in [0.4, 0.5) is 0 Å². The number of methoxy groups -OCH3 is 1. The van der Waals surface area contributed by atoms with Crippen molar-refractivity contribution in [3.63, 3.8) is 0 Å². The molecule has 0 radical (unpaired) electrons. The van der Waals surface area contributed by atoms with Crippen LogP contribution in [0.2, 0.25) is 0 Å². The molecule has 74 valence electrons. The fourth-order valence-electron chi connectivity index (χ4n) is 1.39. The maximum atomic E-state index is 5.29. The fraction of sp³-hybridized carbons (Fsp3) is 0.333. The second-order valence-corrected chi connectivity index (χ2v) is 4.02. The Morgan fingerprint density at radius 2 is 2.29 bits per heavy atom. The third-order valence-electron chi connectivity index (χ3n) is 2.08. The summed E-state index contributed by atoms with van der Waals surface area (Å²) in [6, 6.07) is 1.99. The first kappa shape index (κ1) is 9.70. The monoisotopic (exact) mass is 303 g/mol. The van der Waals surface area contributed by atoms with Gasteiger partial charge in [0, 0.05) is 12.6 Å². The molecule has 0 fully saturated rings. The molecule has 0 unspecified atom stereocenters. The second kappa shape index (κ2) is 3.72. The summed E-state index contributed by atoms with van der Waals surface area (Å²) in [5.74, 6) is 1.75. The van der Waals surface area contributed by atoms with Crippen LogP contribution >= 0.6 is 22.6 Å². The van der Waals surface area contributed by atoms with Crippen LogP contribution in [0.25, 0.3) is 5.65 Å². The molecule has 5 heteroatoms. The molecule has 0 bridgehead atoms. The summed E-state index contributed by atoms with van der Waals surface area (Å²) in [5.41, 5.74) is 0.788. The molecule has 0 aliphatic carbocycles. The minimum atomic E-state index is 0.788. The lowest BCUT2D eigenvalue weighted by molar-refractivity contribution is 0.414. The van der Waals surface area contributed by atoms with Crippen molar-refractivity contribution in [2.24, 2.45) is 0 Å². The highest BCUT2D eigenvalue weighted by molar-refractivity contribution is 14.1. The van der Waals surface area contributed by atoms with Crippen LogP contribution in [-0.2, 0) is 6.42 Å². The van der Waals surface area contributed by atoms with Crippen LogP contribution in [0.15, 0.2) is 12.3 Å². The first-order chi connectivity index (χ1) is 6.77. The van der Waals surface area contributed by atoms with Crippen molar-refractivity contribution >= 4 is 28.2 Å². The SMILES string of the molecule is CCc1nnc2c(OC)c(I)ccn12. The number of aryl methyl sites for hydroxylation is 1. The lowest BCUT2D eigenvalue weighted by atomic mass is 10.4. The number of aromatic nitrogens is 3. The Hall–Kier alpha value is -0.850. The standard InChI is InChI=1S/C9H10IN3O/c1-3-7-11-12-9-8(14-2)6(10)4-5-13(7)9/h4-5H,3H2,1-2H3. The summed E-state index contributed by atoms with van der Waals surface area (Å²) in [5, 5.41) is 8.20. The fourth-order valence-corrected chi connectivity index (χ4v) is 2.01. The number of fused-ring (bicyclic) bond motifs is 1. The van der Waals surface area contributed by atoms with Gasteiger partial charge in [0.15, 0.2) is 5.75 Å².